The Balaban J connectivity index is 2.01. The van der Waals surface area contributed by atoms with Gasteiger partial charge in [-0.25, -0.2) is 4.39 Å². The minimum atomic E-state index is -0.665. The first-order valence-electron chi connectivity index (χ1n) is 5.79. The maximum absolute atomic E-state index is 13.2. The van der Waals surface area contributed by atoms with Gasteiger partial charge < -0.3 is 9.84 Å². The zero-order chi connectivity index (χ0) is 13.0. The standard InChI is InChI=1S/C14H15FO2S/c1-10(16)13-5-4-11(15)9-14(13)17-7-6-12-3-2-8-18-12/h2-5,8-10,16H,6-7H2,1H3/t10-/m0/s1. The molecule has 2 aromatic rings. The zero-order valence-electron chi connectivity index (χ0n) is 10.1. The van der Waals surface area contributed by atoms with Crippen LogP contribution in [0.2, 0.25) is 0 Å². The molecule has 1 heterocycles. The molecule has 0 spiro atoms. The highest BCUT2D eigenvalue weighted by Crippen LogP contribution is 2.26. The number of thiophene rings is 1. The summed E-state index contributed by atoms with van der Waals surface area (Å²) in [6, 6.07) is 8.23. The maximum Gasteiger partial charge on any atom is 0.128 e. The lowest BCUT2D eigenvalue weighted by Gasteiger charge is -2.13. The van der Waals surface area contributed by atoms with Gasteiger partial charge in [-0.3, -0.25) is 0 Å². The molecular formula is C14H15FO2S. The summed E-state index contributed by atoms with van der Waals surface area (Å²) < 4.78 is 18.7. The SMILES string of the molecule is C[C@H](O)c1ccc(F)cc1OCCc1cccs1. The predicted octanol–water partition coefficient (Wildman–Crippen LogP) is 3.56. The summed E-state index contributed by atoms with van der Waals surface area (Å²) in [6.45, 7) is 2.11. The Kier molecular flexibility index (Phi) is 4.33. The number of halogens is 1. The van der Waals surface area contributed by atoms with Crippen LogP contribution in [0.5, 0.6) is 5.75 Å². The topological polar surface area (TPSA) is 29.5 Å². The molecule has 2 rings (SSSR count). The third-order valence-corrected chi connectivity index (χ3v) is 3.55. The smallest absolute Gasteiger partial charge is 0.128 e. The number of aliphatic hydroxyl groups is 1. The van der Waals surface area contributed by atoms with Gasteiger partial charge in [0.2, 0.25) is 0 Å². The fourth-order valence-corrected chi connectivity index (χ4v) is 2.38. The Morgan fingerprint density at radius 3 is 2.89 bits per heavy atom. The van der Waals surface area contributed by atoms with E-state index < -0.39 is 6.10 Å². The summed E-state index contributed by atoms with van der Waals surface area (Å²) in [5.41, 5.74) is 0.613. The molecule has 1 aromatic carbocycles. The van der Waals surface area contributed by atoms with E-state index in [4.69, 9.17) is 4.74 Å². The van der Waals surface area contributed by atoms with Gasteiger partial charge in [0.1, 0.15) is 11.6 Å². The third kappa shape index (κ3) is 3.31. The minimum Gasteiger partial charge on any atom is -0.493 e. The quantitative estimate of drug-likeness (QED) is 0.896. The van der Waals surface area contributed by atoms with E-state index in [1.54, 1.807) is 24.3 Å². The van der Waals surface area contributed by atoms with Gasteiger partial charge in [-0.15, -0.1) is 11.3 Å². The summed E-state index contributed by atoms with van der Waals surface area (Å²) in [4.78, 5) is 1.23. The molecule has 18 heavy (non-hydrogen) atoms. The second kappa shape index (κ2) is 5.98. The molecule has 0 aliphatic carbocycles. The van der Waals surface area contributed by atoms with Gasteiger partial charge in [-0.05, 0) is 30.5 Å². The van der Waals surface area contributed by atoms with Crippen LogP contribution in [0.3, 0.4) is 0 Å². The molecule has 0 aliphatic rings. The van der Waals surface area contributed by atoms with Crippen LogP contribution in [-0.4, -0.2) is 11.7 Å². The average molecular weight is 266 g/mol. The van der Waals surface area contributed by atoms with E-state index in [9.17, 15) is 9.50 Å². The van der Waals surface area contributed by atoms with Crippen molar-refractivity contribution in [3.8, 4) is 5.75 Å². The molecule has 4 heteroatoms. The highest BCUT2D eigenvalue weighted by Gasteiger charge is 2.10. The first-order chi connectivity index (χ1) is 8.66. The normalized spacial score (nSPS) is 12.4. The van der Waals surface area contributed by atoms with Crippen molar-refractivity contribution in [3.05, 3.63) is 52.0 Å². The largest absolute Gasteiger partial charge is 0.493 e. The van der Waals surface area contributed by atoms with Gasteiger partial charge in [0, 0.05) is 22.9 Å². The molecule has 0 saturated carbocycles. The van der Waals surface area contributed by atoms with Gasteiger partial charge in [-0.1, -0.05) is 6.07 Å². The Bertz CT molecular complexity index is 495. The van der Waals surface area contributed by atoms with E-state index in [-0.39, 0.29) is 5.82 Å². The van der Waals surface area contributed by atoms with Crippen molar-refractivity contribution >= 4 is 11.3 Å². The summed E-state index contributed by atoms with van der Waals surface area (Å²) in [6.07, 6.45) is 0.121. The molecule has 1 aromatic heterocycles. The van der Waals surface area contributed by atoms with Crippen LogP contribution in [0.4, 0.5) is 4.39 Å². The molecule has 0 bridgehead atoms. The monoisotopic (exact) mass is 266 g/mol. The molecule has 0 unspecified atom stereocenters. The van der Waals surface area contributed by atoms with E-state index in [2.05, 4.69) is 0 Å². The van der Waals surface area contributed by atoms with Crippen LogP contribution in [0.25, 0.3) is 0 Å². The first-order valence-corrected chi connectivity index (χ1v) is 6.67. The first kappa shape index (κ1) is 13.1. The van der Waals surface area contributed by atoms with Gasteiger partial charge in [0.25, 0.3) is 0 Å². The third-order valence-electron chi connectivity index (χ3n) is 2.61. The molecule has 0 amide bonds. The van der Waals surface area contributed by atoms with Crippen LogP contribution < -0.4 is 4.74 Å². The lowest BCUT2D eigenvalue weighted by molar-refractivity contribution is 0.191. The van der Waals surface area contributed by atoms with Crippen molar-refractivity contribution in [1.29, 1.82) is 0 Å². The maximum atomic E-state index is 13.2. The molecule has 0 fully saturated rings. The molecule has 1 atom stereocenters. The van der Waals surface area contributed by atoms with E-state index >= 15 is 0 Å². The molecule has 0 aliphatic heterocycles. The van der Waals surface area contributed by atoms with Crippen molar-refractivity contribution in [2.75, 3.05) is 6.61 Å². The van der Waals surface area contributed by atoms with Crippen molar-refractivity contribution in [1.82, 2.24) is 0 Å². The summed E-state index contributed by atoms with van der Waals surface area (Å²) >= 11 is 1.67. The van der Waals surface area contributed by atoms with E-state index in [0.29, 0.717) is 17.9 Å². The Morgan fingerprint density at radius 2 is 2.22 bits per heavy atom. The highest BCUT2D eigenvalue weighted by atomic mass is 32.1. The van der Waals surface area contributed by atoms with Gasteiger partial charge in [0.05, 0.1) is 12.7 Å². The molecular weight excluding hydrogens is 251 g/mol. The number of ether oxygens (including phenoxy) is 1. The van der Waals surface area contributed by atoms with Gasteiger partial charge in [-0.2, -0.15) is 0 Å². The van der Waals surface area contributed by atoms with E-state index in [0.717, 1.165) is 6.42 Å². The second-order valence-corrected chi connectivity index (χ2v) is 5.07. The lowest BCUT2D eigenvalue weighted by atomic mass is 10.1. The molecule has 0 saturated heterocycles. The molecule has 0 radical (unpaired) electrons. The lowest BCUT2D eigenvalue weighted by Crippen LogP contribution is -2.04. The minimum absolute atomic E-state index is 0.356. The number of rotatable bonds is 5. The number of aliphatic hydroxyl groups excluding tert-OH is 1. The Morgan fingerprint density at radius 1 is 1.39 bits per heavy atom. The summed E-state index contributed by atoms with van der Waals surface area (Å²) in [7, 11) is 0. The zero-order valence-corrected chi connectivity index (χ0v) is 10.9. The summed E-state index contributed by atoms with van der Waals surface area (Å²) in [5, 5.41) is 11.6. The number of hydrogen-bond acceptors (Lipinski definition) is 3. The van der Waals surface area contributed by atoms with Gasteiger partial charge in [0.15, 0.2) is 0 Å². The Hall–Kier alpha value is -1.39. The molecule has 1 N–H and O–H groups in total. The van der Waals surface area contributed by atoms with E-state index in [1.165, 1.54) is 17.0 Å². The van der Waals surface area contributed by atoms with Crippen molar-refractivity contribution in [3.63, 3.8) is 0 Å². The van der Waals surface area contributed by atoms with Gasteiger partial charge >= 0.3 is 0 Å². The fourth-order valence-electron chi connectivity index (χ4n) is 1.69. The molecule has 96 valence electrons. The van der Waals surface area contributed by atoms with Crippen LogP contribution in [0.1, 0.15) is 23.5 Å². The molecule has 2 nitrogen and oxygen atoms in total. The van der Waals surface area contributed by atoms with Crippen LogP contribution >= 0.6 is 11.3 Å². The fraction of sp³-hybridized carbons (Fsp3) is 0.286. The highest BCUT2D eigenvalue weighted by molar-refractivity contribution is 7.09. The number of benzene rings is 1. The second-order valence-electron chi connectivity index (χ2n) is 4.04. The number of hydrogen-bond donors (Lipinski definition) is 1. The average Bonchev–Trinajstić information content (AvgIpc) is 2.82. The van der Waals surface area contributed by atoms with Crippen molar-refractivity contribution in [2.24, 2.45) is 0 Å². The van der Waals surface area contributed by atoms with Crippen LogP contribution in [0, 0.1) is 5.82 Å². The summed E-state index contributed by atoms with van der Waals surface area (Å²) in [5.74, 6) is 0.0621. The van der Waals surface area contributed by atoms with Crippen LogP contribution in [0.15, 0.2) is 35.7 Å². The predicted molar refractivity (Wildman–Crippen MR) is 70.6 cm³/mol. The Labute approximate surface area is 110 Å². The van der Waals surface area contributed by atoms with Crippen LogP contribution in [-0.2, 0) is 6.42 Å². The van der Waals surface area contributed by atoms with Crippen molar-refractivity contribution in [2.45, 2.75) is 19.4 Å². The van der Waals surface area contributed by atoms with E-state index in [1.807, 2.05) is 17.5 Å². The van der Waals surface area contributed by atoms with Crippen molar-refractivity contribution < 1.29 is 14.2 Å².